The molecule has 0 bridgehead atoms. The second kappa shape index (κ2) is 5.78. The summed E-state index contributed by atoms with van der Waals surface area (Å²) in [4.78, 5) is 0. The minimum atomic E-state index is -0.137. The summed E-state index contributed by atoms with van der Waals surface area (Å²) >= 11 is 0. The van der Waals surface area contributed by atoms with Crippen LogP contribution in [0.15, 0.2) is 24.3 Å². The molecule has 0 aliphatic heterocycles. The first-order chi connectivity index (χ1) is 6.80. The molecule has 2 nitrogen and oxygen atoms in total. The van der Waals surface area contributed by atoms with Crippen LogP contribution in [0.2, 0.25) is 0 Å². The van der Waals surface area contributed by atoms with Gasteiger partial charge in [-0.2, -0.15) is 0 Å². The van der Waals surface area contributed by atoms with Crippen LogP contribution in [-0.4, -0.2) is 20.5 Å². The van der Waals surface area contributed by atoms with Crippen molar-refractivity contribution in [1.29, 1.82) is 0 Å². The van der Waals surface area contributed by atoms with Gasteiger partial charge in [-0.25, -0.2) is 0 Å². The van der Waals surface area contributed by atoms with Gasteiger partial charge in [0.2, 0.25) is 0 Å². The average molecular weight is 194 g/mol. The van der Waals surface area contributed by atoms with Crippen molar-refractivity contribution in [3.8, 4) is 0 Å². The number of ether oxygens (including phenoxy) is 2. The van der Waals surface area contributed by atoms with Crippen molar-refractivity contribution in [3.63, 3.8) is 0 Å². The van der Waals surface area contributed by atoms with Gasteiger partial charge in [0.1, 0.15) is 0 Å². The fourth-order valence-electron chi connectivity index (χ4n) is 1.37. The van der Waals surface area contributed by atoms with E-state index in [0.29, 0.717) is 0 Å². The van der Waals surface area contributed by atoms with Crippen molar-refractivity contribution < 1.29 is 9.47 Å². The zero-order valence-electron chi connectivity index (χ0n) is 9.12. The topological polar surface area (TPSA) is 18.5 Å². The lowest BCUT2D eigenvalue weighted by atomic mass is 10.1. The third kappa shape index (κ3) is 3.13. The predicted octanol–water partition coefficient (Wildman–Crippen LogP) is 2.41. The zero-order valence-corrected chi connectivity index (χ0v) is 9.12. The van der Waals surface area contributed by atoms with Crippen LogP contribution in [0, 0.1) is 0 Å². The first kappa shape index (κ1) is 11.2. The van der Waals surface area contributed by atoms with E-state index in [9.17, 15) is 0 Å². The van der Waals surface area contributed by atoms with Crippen LogP contribution in [0.25, 0.3) is 0 Å². The SMILES string of the molecule is CCc1ccc(CC(OC)OC)cc1. The fraction of sp³-hybridized carbons (Fsp3) is 0.500. The van der Waals surface area contributed by atoms with Crippen molar-refractivity contribution in [2.45, 2.75) is 26.1 Å². The molecule has 0 heterocycles. The predicted molar refractivity (Wildman–Crippen MR) is 57.3 cm³/mol. The van der Waals surface area contributed by atoms with Gasteiger partial charge in [0.15, 0.2) is 6.29 Å². The van der Waals surface area contributed by atoms with E-state index in [1.807, 2.05) is 0 Å². The smallest absolute Gasteiger partial charge is 0.160 e. The molecule has 0 atom stereocenters. The Hall–Kier alpha value is -0.860. The summed E-state index contributed by atoms with van der Waals surface area (Å²) in [5.41, 5.74) is 2.61. The Morgan fingerprint density at radius 2 is 1.50 bits per heavy atom. The van der Waals surface area contributed by atoms with Gasteiger partial charge in [0, 0.05) is 20.6 Å². The minimum absolute atomic E-state index is 0.137. The highest BCUT2D eigenvalue weighted by Gasteiger charge is 2.05. The molecule has 0 fully saturated rings. The first-order valence-electron chi connectivity index (χ1n) is 4.93. The van der Waals surface area contributed by atoms with E-state index in [1.165, 1.54) is 11.1 Å². The van der Waals surface area contributed by atoms with Crippen LogP contribution >= 0.6 is 0 Å². The number of hydrogen-bond donors (Lipinski definition) is 0. The summed E-state index contributed by atoms with van der Waals surface area (Å²) in [6, 6.07) is 8.56. The summed E-state index contributed by atoms with van der Waals surface area (Å²) in [5, 5.41) is 0. The highest BCUT2D eigenvalue weighted by Crippen LogP contribution is 2.09. The minimum Gasteiger partial charge on any atom is -0.356 e. The van der Waals surface area contributed by atoms with E-state index in [1.54, 1.807) is 14.2 Å². The maximum Gasteiger partial charge on any atom is 0.160 e. The standard InChI is InChI=1S/C12H18O2/c1-4-10-5-7-11(8-6-10)9-12(13-2)14-3/h5-8,12H,4,9H2,1-3H3. The lowest BCUT2D eigenvalue weighted by Gasteiger charge is -2.13. The highest BCUT2D eigenvalue weighted by molar-refractivity contribution is 5.22. The van der Waals surface area contributed by atoms with Crippen molar-refractivity contribution in [2.75, 3.05) is 14.2 Å². The molecule has 0 N–H and O–H groups in total. The second-order valence-electron chi connectivity index (χ2n) is 3.28. The zero-order chi connectivity index (χ0) is 10.4. The summed E-state index contributed by atoms with van der Waals surface area (Å²) < 4.78 is 10.3. The van der Waals surface area contributed by atoms with Gasteiger partial charge in [-0.15, -0.1) is 0 Å². The summed E-state index contributed by atoms with van der Waals surface area (Å²) in [6.45, 7) is 2.15. The molecule has 1 rings (SSSR count). The number of rotatable bonds is 5. The van der Waals surface area contributed by atoms with Crippen molar-refractivity contribution in [3.05, 3.63) is 35.4 Å². The van der Waals surface area contributed by atoms with Crippen molar-refractivity contribution in [2.24, 2.45) is 0 Å². The molecule has 0 amide bonds. The molecule has 2 heteroatoms. The average Bonchev–Trinajstić information content (AvgIpc) is 2.26. The quantitative estimate of drug-likeness (QED) is 0.670. The molecule has 0 aliphatic rings. The Morgan fingerprint density at radius 3 is 1.93 bits per heavy atom. The normalized spacial score (nSPS) is 10.9. The first-order valence-corrected chi connectivity index (χ1v) is 4.93. The van der Waals surface area contributed by atoms with Crippen LogP contribution in [-0.2, 0) is 22.3 Å². The molecule has 0 spiro atoms. The highest BCUT2D eigenvalue weighted by atomic mass is 16.7. The molecule has 1 aromatic rings. The van der Waals surface area contributed by atoms with Gasteiger partial charge in [0.25, 0.3) is 0 Å². The van der Waals surface area contributed by atoms with Gasteiger partial charge >= 0.3 is 0 Å². The lowest BCUT2D eigenvalue weighted by molar-refractivity contribution is -0.100. The maximum atomic E-state index is 5.14. The number of hydrogen-bond acceptors (Lipinski definition) is 2. The van der Waals surface area contributed by atoms with E-state index in [4.69, 9.17) is 9.47 Å². The fourth-order valence-corrected chi connectivity index (χ4v) is 1.37. The third-order valence-corrected chi connectivity index (χ3v) is 2.36. The molecule has 78 valence electrons. The largest absolute Gasteiger partial charge is 0.356 e. The monoisotopic (exact) mass is 194 g/mol. The number of benzene rings is 1. The lowest BCUT2D eigenvalue weighted by Crippen LogP contribution is -2.15. The maximum absolute atomic E-state index is 5.14. The van der Waals surface area contributed by atoms with Gasteiger partial charge in [0.05, 0.1) is 0 Å². The molecule has 0 unspecified atom stereocenters. The molecular formula is C12H18O2. The molecule has 0 radical (unpaired) electrons. The van der Waals surface area contributed by atoms with E-state index in [-0.39, 0.29) is 6.29 Å². The molecule has 0 aromatic heterocycles. The molecule has 0 saturated heterocycles. The molecular weight excluding hydrogens is 176 g/mol. The Morgan fingerprint density at radius 1 is 1.00 bits per heavy atom. The Bertz CT molecular complexity index is 250. The van der Waals surface area contributed by atoms with Gasteiger partial charge in [-0.05, 0) is 17.5 Å². The van der Waals surface area contributed by atoms with Crippen LogP contribution in [0.1, 0.15) is 18.1 Å². The van der Waals surface area contributed by atoms with Crippen LogP contribution < -0.4 is 0 Å². The van der Waals surface area contributed by atoms with Gasteiger partial charge in [-0.3, -0.25) is 0 Å². The van der Waals surface area contributed by atoms with E-state index in [0.717, 1.165) is 12.8 Å². The van der Waals surface area contributed by atoms with E-state index >= 15 is 0 Å². The number of methoxy groups -OCH3 is 2. The Kier molecular flexibility index (Phi) is 4.63. The summed E-state index contributed by atoms with van der Waals surface area (Å²) in [7, 11) is 3.32. The molecule has 1 aromatic carbocycles. The second-order valence-corrected chi connectivity index (χ2v) is 3.28. The molecule has 0 aliphatic carbocycles. The van der Waals surface area contributed by atoms with Crippen LogP contribution in [0.3, 0.4) is 0 Å². The molecule has 0 saturated carbocycles. The molecule has 14 heavy (non-hydrogen) atoms. The van der Waals surface area contributed by atoms with Gasteiger partial charge < -0.3 is 9.47 Å². The summed E-state index contributed by atoms with van der Waals surface area (Å²) in [5.74, 6) is 0. The third-order valence-electron chi connectivity index (χ3n) is 2.36. The Balaban J connectivity index is 2.58. The Labute approximate surface area is 85.8 Å². The van der Waals surface area contributed by atoms with Crippen molar-refractivity contribution >= 4 is 0 Å². The van der Waals surface area contributed by atoms with E-state index in [2.05, 4.69) is 31.2 Å². The van der Waals surface area contributed by atoms with Crippen LogP contribution in [0.5, 0.6) is 0 Å². The van der Waals surface area contributed by atoms with E-state index < -0.39 is 0 Å². The van der Waals surface area contributed by atoms with Gasteiger partial charge in [-0.1, -0.05) is 31.2 Å². The summed E-state index contributed by atoms with van der Waals surface area (Å²) in [6.07, 6.45) is 1.75. The van der Waals surface area contributed by atoms with Crippen molar-refractivity contribution in [1.82, 2.24) is 0 Å². The van der Waals surface area contributed by atoms with Crippen LogP contribution in [0.4, 0.5) is 0 Å². The number of aryl methyl sites for hydroxylation is 1.